The number of hydrogen-bond acceptors (Lipinski definition) is 4. The van der Waals surface area contributed by atoms with E-state index in [1.54, 1.807) is 0 Å². The predicted molar refractivity (Wildman–Crippen MR) is 68.1 cm³/mol. The molecule has 0 bridgehead atoms. The van der Waals surface area contributed by atoms with Crippen LogP contribution >= 0.6 is 0 Å². The van der Waals surface area contributed by atoms with Crippen LogP contribution in [0.4, 0.5) is 4.79 Å². The van der Waals surface area contributed by atoms with E-state index in [0.29, 0.717) is 11.1 Å². The number of hydrogen-bond donors (Lipinski definition) is 4. The third kappa shape index (κ3) is 5.06. The van der Waals surface area contributed by atoms with Gasteiger partial charge in [-0.15, -0.1) is 0 Å². The molecule has 0 atom stereocenters. The lowest BCUT2D eigenvalue weighted by Crippen LogP contribution is -2.37. The van der Waals surface area contributed by atoms with Crippen molar-refractivity contribution in [3.63, 3.8) is 0 Å². The summed E-state index contributed by atoms with van der Waals surface area (Å²) >= 11 is 0. The van der Waals surface area contributed by atoms with Crippen LogP contribution in [0.3, 0.4) is 0 Å². The zero-order valence-corrected chi connectivity index (χ0v) is 10.1. The largest absolute Gasteiger partial charge is 0.384 e. The maximum absolute atomic E-state index is 11.9. The van der Waals surface area contributed by atoms with E-state index in [1.807, 2.05) is 0 Å². The molecular formula is C12H14N4O3. The van der Waals surface area contributed by atoms with Crippen molar-refractivity contribution in [3.05, 3.63) is 29.6 Å². The van der Waals surface area contributed by atoms with Gasteiger partial charge in [-0.3, -0.25) is 9.78 Å². The molecule has 3 amide bonds. The number of carbonyl (C=O) groups is 2. The number of nitrogens with zero attached hydrogens (tertiary/aromatic N) is 1. The Bertz CT molecular complexity index is 519. The van der Waals surface area contributed by atoms with E-state index in [2.05, 4.69) is 27.5 Å². The zero-order valence-electron chi connectivity index (χ0n) is 10.1. The van der Waals surface area contributed by atoms with Gasteiger partial charge in [-0.25, -0.2) is 4.79 Å². The van der Waals surface area contributed by atoms with Gasteiger partial charge in [0.15, 0.2) is 0 Å². The Labute approximate surface area is 110 Å². The number of carbonyl (C=O) groups excluding carboxylic acids is 2. The first-order chi connectivity index (χ1) is 9.15. The van der Waals surface area contributed by atoms with Gasteiger partial charge in [0.1, 0.15) is 6.61 Å². The normalized spacial score (nSPS) is 9.11. The van der Waals surface area contributed by atoms with Crippen LogP contribution in [0.2, 0.25) is 0 Å². The van der Waals surface area contributed by atoms with Gasteiger partial charge in [-0.2, -0.15) is 0 Å². The maximum atomic E-state index is 11.9. The van der Waals surface area contributed by atoms with Crippen LogP contribution in [-0.2, 0) is 0 Å². The Hall–Kier alpha value is -2.59. The number of aliphatic hydroxyl groups excluding tert-OH is 1. The Morgan fingerprint density at radius 1 is 1.37 bits per heavy atom. The van der Waals surface area contributed by atoms with Crippen LogP contribution in [0.25, 0.3) is 0 Å². The molecule has 0 spiro atoms. The number of rotatable bonds is 4. The van der Waals surface area contributed by atoms with E-state index < -0.39 is 6.03 Å². The molecule has 0 unspecified atom stereocenters. The van der Waals surface area contributed by atoms with E-state index in [9.17, 15) is 9.59 Å². The van der Waals surface area contributed by atoms with E-state index in [1.165, 1.54) is 18.5 Å². The van der Waals surface area contributed by atoms with Gasteiger partial charge in [0.05, 0.1) is 11.1 Å². The fourth-order valence-electron chi connectivity index (χ4n) is 1.28. The average Bonchev–Trinajstić information content (AvgIpc) is 2.41. The number of pyridine rings is 1. The molecule has 0 aromatic carbocycles. The predicted octanol–water partition coefficient (Wildman–Crippen LogP) is -1.18. The topological polar surface area (TPSA) is 117 Å². The molecule has 1 rings (SSSR count). The fourth-order valence-corrected chi connectivity index (χ4v) is 1.28. The lowest BCUT2D eigenvalue weighted by molar-refractivity contribution is 0.0953. The highest BCUT2D eigenvalue weighted by Crippen LogP contribution is 2.04. The Morgan fingerprint density at radius 3 is 2.79 bits per heavy atom. The minimum absolute atomic E-state index is 0.240. The summed E-state index contributed by atoms with van der Waals surface area (Å²) < 4.78 is 0. The lowest BCUT2D eigenvalue weighted by Gasteiger charge is -2.06. The molecule has 5 N–H and O–H groups in total. The monoisotopic (exact) mass is 262 g/mol. The quantitative estimate of drug-likeness (QED) is 0.403. The molecule has 100 valence electrons. The van der Waals surface area contributed by atoms with Crippen LogP contribution in [0, 0.1) is 11.8 Å². The van der Waals surface area contributed by atoms with Crippen molar-refractivity contribution in [2.24, 2.45) is 5.73 Å². The number of primary amides is 1. The van der Waals surface area contributed by atoms with Crippen LogP contribution < -0.4 is 16.4 Å². The molecule has 1 aromatic rings. The summed E-state index contributed by atoms with van der Waals surface area (Å²) in [6.07, 6.45) is 2.92. The van der Waals surface area contributed by atoms with Crippen LogP contribution in [0.15, 0.2) is 18.5 Å². The molecule has 0 saturated carbocycles. The van der Waals surface area contributed by atoms with Gasteiger partial charge in [-0.1, -0.05) is 11.8 Å². The molecule has 7 heteroatoms. The number of amides is 3. The summed E-state index contributed by atoms with van der Waals surface area (Å²) in [5.41, 5.74) is 5.67. The van der Waals surface area contributed by atoms with Crippen LogP contribution in [-0.4, -0.2) is 41.7 Å². The van der Waals surface area contributed by atoms with Crippen molar-refractivity contribution in [1.29, 1.82) is 0 Å². The molecule has 0 aliphatic heterocycles. The Kier molecular flexibility index (Phi) is 5.85. The van der Waals surface area contributed by atoms with Gasteiger partial charge in [-0.05, 0) is 6.07 Å². The Morgan fingerprint density at radius 2 is 2.11 bits per heavy atom. The summed E-state index contributed by atoms with van der Waals surface area (Å²) in [7, 11) is 0. The molecule has 0 radical (unpaired) electrons. The summed E-state index contributed by atoms with van der Waals surface area (Å²) in [5, 5.41) is 13.6. The molecule has 1 heterocycles. The minimum Gasteiger partial charge on any atom is -0.384 e. The summed E-state index contributed by atoms with van der Waals surface area (Å²) in [5.74, 6) is 4.76. The minimum atomic E-state index is -0.646. The smallest absolute Gasteiger partial charge is 0.312 e. The fraction of sp³-hybridized carbons (Fsp3) is 0.250. The van der Waals surface area contributed by atoms with Gasteiger partial charge < -0.3 is 21.5 Å². The SMILES string of the molecule is NC(=O)NCCNC(=O)c1ccncc1C#CCO. The lowest BCUT2D eigenvalue weighted by atomic mass is 10.1. The number of urea groups is 1. The van der Waals surface area contributed by atoms with Crippen molar-refractivity contribution in [2.45, 2.75) is 0 Å². The average molecular weight is 262 g/mol. The first-order valence-electron chi connectivity index (χ1n) is 5.50. The van der Waals surface area contributed by atoms with E-state index in [0.717, 1.165) is 0 Å². The molecule has 1 aromatic heterocycles. The molecule has 7 nitrogen and oxygen atoms in total. The molecule has 0 saturated heterocycles. The van der Waals surface area contributed by atoms with E-state index in [-0.39, 0.29) is 25.6 Å². The first-order valence-corrected chi connectivity index (χ1v) is 5.50. The molecule has 19 heavy (non-hydrogen) atoms. The Balaban J connectivity index is 2.63. The van der Waals surface area contributed by atoms with Crippen molar-refractivity contribution in [2.75, 3.05) is 19.7 Å². The number of nitrogens with one attached hydrogen (secondary N) is 2. The second-order valence-electron chi connectivity index (χ2n) is 3.43. The molecule has 0 aliphatic carbocycles. The maximum Gasteiger partial charge on any atom is 0.312 e. The van der Waals surface area contributed by atoms with Gasteiger partial charge in [0.2, 0.25) is 0 Å². The van der Waals surface area contributed by atoms with Gasteiger partial charge >= 0.3 is 6.03 Å². The van der Waals surface area contributed by atoms with Gasteiger partial charge in [0.25, 0.3) is 5.91 Å². The summed E-state index contributed by atoms with van der Waals surface area (Å²) in [4.78, 5) is 26.2. The van der Waals surface area contributed by atoms with E-state index in [4.69, 9.17) is 10.8 Å². The molecule has 0 aliphatic rings. The van der Waals surface area contributed by atoms with Crippen molar-refractivity contribution >= 4 is 11.9 Å². The number of nitrogens with two attached hydrogens (primary N) is 1. The van der Waals surface area contributed by atoms with Crippen LogP contribution in [0.5, 0.6) is 0 Å². The summed E-state index contributed by atoms with van der Waals surface area (Å²) in [6.45, 7) is 0.194. The standard InChI is InChI=1S/C12H14N4O3/c13-12(19)16-6-5-15-11(18)10-3-4-14-8-9(10)2-1-7-17/h3-4,8,17H,5-7H2,(H,15,18)(H3,13,16,19). The molecular weight excluding hydrogens is 248 g/mol. The number of aromatic nitrogens is 1. The highest BCUT2D eigenvalue weighted by molar-refractivity contribution is 5.96. The highest BCUT2D eigenvalue weighted by Gasteiger charge is 2.09. The zero-order chi connectivity index (χ0) is 14.1. The third-order valence-corrected chi connectivity index (χ3v) is 2.08. The first kappa shape index (κ1) is 14.5. The number of aliphatic hydroxyl groups is 1. The second kappa shape index (κ2) is 7.68. The molecule has 0 fully saturated rings. The van der Waals surface area contributed by atoms with Crippen molar-refractivity contribution in [3.8, 4) is 11.8 Å². The summed E-state index contributed by atoms with van der Waals surface area (Å²) in [6, 6.07) is 0.880. The van der Waals surface area contributed by atoms with Gasteiger partial charge in [0, 0.05) is 25.5 Å². The highest BCUT2D eigenvalue weighted by atomic mass is 16.2. The third-order valence-electron chi connectivity index (χ3n) is 2.08. The van der Waals surface area contributed by atoms with Crippen molar-refractivity contribution < 1.29 is 14.7 Å². The van der Waals surface area contributed by atoms with E-state index >= 15 is 0 Å². The van der Waals surface area contributed by atoms with Crippen LogP contribution in [0.1, 0.15) is 15.9 Å². The van der Waals surface area contributed by atoms with Crippen molar-refractivity contribution in [1.82, 2.24) is 15.6 Å². The second-order valence-corrected chi connectivity index (χ2v) is 3.43.